The summed E-state index contributed by atoms with van der Waals surface area (Å²) < 4.78 is 0. The Morgan fingerprint density at radius 3 is 2.19 bits per heavy atom. The number of likely N-dealkylation sites (tertiary alicyclic amines) is 1. The number of carbonyl (C=O) groups excluding carboxylic acids is 1. The second kappa shape index (κ2) is 7.14. The van der Waals surface area contributed by atoms with Gasteiger partial charge in [0.15, 0.2) is 0 Å². The van der Waals surface area contributed by atoms with E-state index in [-0.39, 0.29) is 18.0 Å². The van der Waals surface area contributed by atoms with Crippen LogP contribution in [0.4, 0.5) is 4.79 Å². The predicted molar refractivity (Wildman–Crippen MR) is 83.1 cm³/mol. The number of piperidine rings is 1. The fourth-order valence-electron chi connectivity index (χ4n) is 3.14. The molecule has 2 N–H and O–H groups in total. The number of aliphatic carboxylic acids is 1. The molecule has 0 aliphatic carbocycles. The van der Waals surface area contributed by atoms with Gasteiger partial charge >= 0.3 is 12.0 Å². The summed E-state index contributed by atoms with van der Waals surface area (Å²) in [4.78, 5) is 25.3. The van der Waals surface area contributed by atoms with E-state index in [9.17, 15) is 14.7 Å². The summed E-state index contributed by atoms with van der Waals surface area (Å²) >= 11 is 0. The van der Waals surface area contributed by atoms with Crippen LogP contribution in [-0.2, 0) is 4.79 Å². The van der Waals surface area contributed by atoms with Crippen LogP contribution in [0.5, 0.6) is 0 Å². The zero-order valence-corrected chi connectivity index (χ0v) is 14.0. The van der Waals surface area contributed by atoms with Crippen LogP contribution in [-0.4, -0.2) is 41.6 Å². The van der Waals surface area contributed by atoms with Crippen molar-refractivity contribution < 1.29 is 14.7 Å². The number of amides is 2. The zero-order valence-electron chi connectivity index (χ0n) is 14.0. The summed E-state index contributed by atoms with van der Waals surface area (Å²) in [5, 5.41) is 12.1. The first-order chi connectivity index (χ1) is 9.58. The lowest BCUT2D eigenvalue weighted by Gasteiger charge is -2.35. The van der Waals surface area contributed by atoms with E-state index in [1.54, 1.807) is 0 Å². The maximum absolute atomic E-state index is 12.2. The van der Waals surface area contributed by atoms with Crippen molar-refractivity contribution in [3.05, 3.63) is 0 Å². The molecule has 0 radical (unpaired) electrons. The molecule has 2 amide bonds. The van der Waals surface area contributed by atoms with Gasteiger partial charge in [-0.1, -0.05) is 34.6 Å². The Morgan fingerprint density at radius 2 is 1.76 bits per heavy atom. The van der Waals surface area contributed by atoms with Crippen molar-refractivity contribution in [3.8, 4) is 0 Å². The van der Waals surface area contributed by atoms with Gasteiger partial charge in [0.05, 0.1) is 5.92 Å². The van der Waals surface area contributed by atoms with Crippen molar-refractivity contribution in [2.75, 3.05) is 19.6 Å². The standard InChI is InChI=1S/C16H30N2O3/c1-11-6-12(2)10-18(9-11)15(21)17-8-13(14(19)20)7-16(3,4)5/h11-13H,6-10H2,1-5H3,(H,17,21)(H,19,20). The first-order valence-corrected chi connectivity index (χ1v) is 7.84. The van der Waals surface area contributed by atoms with Gasteiger partial charge in [-0.15, -0.1) is 0 Å². The Morgan fingerprint density at radius 1 is 1.24 bits per heavy atom. The van der Waals surface area contributed by atoms with E-state index in [0.717, 1.165) is 19.5 Å². The van der Waals surface area contributed by atoms with E-state index in [4.69, 9.17) is 0 Å². The van der Waals surface area contributed by atoms with Gasteiger partial charge in [-0.25, -0.2) is 4.79 Å². The highest BCUT2D eigenvalue weighted by molar-refractivity contribution is 5.76. The van der Waals surface area contributed by atoms with Crippen LogP contribution in [0.25, 0.3) is 0 Å². The Hall–Kier alpha value is -1.26. The minimum atomic E-state index is -0.842. The normalized spacial score (nSPS) is 24.5. The molecule has 122 valence electrons. The third-order valence-corrected chi connectivity index (χ3v) is 3.86. The number of nitrogens with zero attached hydrogens (tertiary/aromatic N) is 1. The van der Waals surface area contributed by atoms with E-state index in [1.807, 2.05) is 25.7 Å². The van der Waals surface area contributed by atoms with Gasteiger partial charge in [0.2, 0.25) is 0 Å². The van der Waals surface area contributed by atoms with Crippen molar-refractivity contribution in [2.45, 2.75) is 47.5 Å². The van der Waals surface area contributed by atoms with Gasteiger partial charge in [-0.2, -0.15) is 0 Å². The number of carboxylic acids is 1. The average molecular weight is 298 g/mol. The molecule has 1 rings (SSSR count). The van der Waals surface area contributed by atoms with E-state index in [0.29, 0.717) is 18.3 Å². The lowest BCUT2D eigenvalue weighted by molar-refractivity contribution is -0.142. The Bertz CT molecular complexity index is 366. The number of carbonyl (C=O) groups is 2. The Kier molecular flexibility index (Phi) is 6.05. The number of hydrogen-bond donors (Lipinski definition) is 2. The number of nitrogens with one attached hydrogen (secondary N) is 1. The van der Waals surface area contributed by atoms with Crippen LogP contribution >= 0.6 is 0 Å². The van der Waals surface area contributed by atoms with E-state index in [1.165, 1.54) is 0 Å². The molecule has 3 unspecified atom stereocenters. The van der Waals surface area contributed by atoms with Crippen molar-refractivity contribution in [1.82, 2.24) is 10.2 Å². The maximum Gasteiger partial charge on any atom is 0.317 e. The summed E-state index contributed by atoms with van der Waals surface area (Å²) in [6, 6.07) is -0.131. The molecule has 5 nitrogen and oxygen atoms in total. The van der Waals surface area contributed by atoms with Crippen LogP contribution in [0.3, 0.4) is 0 Å². The molecule has 5 heteroatoms. The first kappa shape index (κ1) is 17.8. The second-order valence-electron chi connectivity index (χ2n) is 7.84. The molecule has 1 fully saturated rings. The lowest BCUT2D eigenvalue weighted by atomic mass is 9.84. The van der Waals surface area contributed by atoms with Gasteiger partial charge in [0.1, 0.15) is 0 Å². The number of carboxylic acid groups (broad SMARTS) is 1. The predicted octanol–water partition coefficient (Wildman–Crippen LogP) is 2.81. The molecule has 0 spiro atoms. The molecule has 0 aromatic heterocycles. The van der Waals surface area contributed by atoms with Crippen molar-refractivity contribution >= 4 is 12.0 Å². The molecule has 0 aromatic rings. The second-order valence-corrected chi connectivity index (χ2v) is 7.84. The largest absolute Gasteiger partial charge is 0.481 e. The van der Waals surface area contributed by atoms with Crippen LogP contribution < -0.4 is 5.32 Å². The molecule has 3 atom stereocenters. The Balaban J connectivity index is 2.51. The highest BCUT2D eigenvalue weighted by Crippen LogP contribution is 2.24. The molecule has 0 saturated carbocycles. The summed E-state index contributed by atoms with van der Waals surface area (Å²) in [5.74, 6) is -0.368. The molecule has 0 aromatic carbocycles. The zero-order chi connectivity index (χ0) is 16.2. The van der Waals surface area contributed by atoms with Gasteiger partial charge in [-0.3, -0.25) is 4.79 Å². The minimum absolute atomic E-state index is 0.0675. The molecular formula is C16H30N2O3. The number of urea groups is 1. The van der Waals surface area contributed by atoms with Crippen molar-refractivity contribution in [3.63, 3.8) is 0 Å². The average Bonchev–Trinajstić information content (AvgIpc) is 2.31. The van der Waals surface area contributed by atoms with E-state index < -0.39 is 11.9 Å². The molecule has 1 aliphatic heterocycles. The fraction of sp³-hybridized carbons (Fsp3) is 0.875. The van der Waals surface area contributed by atoms with Gasteiger partial charge in [-0.05, 0) is 30.1 Å². The van der Waals surface area contributed by atoms with Crippen molar-refractivity contribution in [1.29, 1.82) is 0 Å². The highest BCUT2D eigenvalue weighted by atomic mass is 16.4. The lowest BCUT2D eigenvalue weighted by Crippen LogP contribution is -2.49. The third-order valence-electron chi connectivity index (χ3n) is 3.86. The highest BCUT2D eigenvalue weighted by Gasteiger charge is 2.28. The van der Waals surface area contributed by atoms with Gasteiger partial charge in [0.25, 0.3) is 0 Å². The van der Waals surface area contributed by atoms with Crippen LogP contribution in [0.1, 0.15) is 47.5 Å². The summed E-state index contributed by atoms with van der Waals surface area (Å²) in [5.41, 5.74) is -0.0675. The summed E-state index contributed by atoms with van der Waals surface area (Å²) in [6.07, 6.45) is 1.70. The van der Waals surface area contributed by atoms with Crippen LogP contribution in [0, 0.1) is 23.2 Å². The summed E-state index contributed by atoms with van der Waals surface area (Å²) in [7, 11) is 0. The molecule has 1 aliphatic rings. The van der Waals surface area contributed by atoms with Gasteiger partial charge in [0, 0.05) is 19.6 Å². The fourth-order valence-corrected chi connectivity index (χ4v) is 3.14. The topological polar surface area (TPSA) is 69.6 Å². The smallest absolute Gasteiger partial charge is 0.317 e. The SMILES string of the molecule is CC1CC(C)CN(C(=O)NCC(CC(C)(C)C)C(=O)O)C1. The molecule has 1 saturated heterocycles. The molecule has 1 heterocycles. The monoisotopic (exact) mass is 298 g/mol. The third kappa shape index (κ3) is 6.36. The first-order valence-electron chi connectivity index (χ1n) is 7.84. The van der Waals surface area contributed by atoms with E-state index in [2.05, 4.69) is 19.2 Å². The van der Waals surface area contributed by atoms with Crippen LogP contribution in [0.15, 0.2) is 0 Å². The molecule has 21 heavy (non-hydrogen) atoms. The molecular weight excluding hydrogens is 268 g/mol. The summed E-state index contributed by atoms with van der Waals surface area (Å²) in [6.45, 7) is 12.0. The minimum Gasteiger partial charge on any atom is -0.481 e. The van der Waals surface area contributed by atoms with Crippen molar-refractivity contribution in [2.24, 2.45) is 23.2 Å². The van der Waals surface area contributed by atoms with Gasteiger partial charge < -0.3 is 15.3 Å². The van der Waals surface area contributed by atoms with Crippen LogP contribution in [0.2, 0.25) is 0 Å². The maximum atomic E-state index is 12.2. The van der Waals surface area contributed by atoms with E-state index >= 15 is 0 Å². The molecule has 0 bridgehead atoms. The number of hydrogen-bond acceptors (Lipinski definition) is 2. The number of rotatable bonds is 4. The Labute approximate surface area is 128 Å². The quantitative estimate of drug-likeness (QED) is 0.838.